The van der Waals surface area contributed by atoms with Crippen LogP contribution in [0.3, 0.4) is 0 Å². The number of aliphatic hydroxyl groups is 1. The fourth-order valence-electron chi connectivity index (χ4n) is 7.90. The molecule has 0 spiro atoms. The van der Waals surface area contributed by atoms with Crippen molar-refractivity contribution in [1.29, 1.82) is 0 Å². The van der Waals surface area contributed by atoms with Gasteiger partial charge in [-0.3, -0.25) is 38.4 Å². The molecule has 4 aliphatic heterocycles. The molecular formula is C36H57N9O11. The molecule has 0 unspecified atom stereocenters. The van der Waals surface area contributed by atoms with Crippen molar-refractivity contribution in [1.82, 2.24) is 40.9 Å². The Morgan fingerprint density at radius 2 is 1.18 bits per heavy atom. The molecule has 0 radical (unpaired) electrons. The summed E-state index contributed by atoms with van der Waals surface area (Å²) in [5.74, 6) is -5.51. The van der Waals surface area contributed by atoms with E-state index in [0.717, 1.165) is 0 Å². The summed E-state index contributed by atoms with van der Waals surface area (Å²) < 4.78 is 0. The zero-order valence-electron chi connectivity index (χ0n) is 32.4. The lowest BCUT2D eigenvalue weighted by Gasteiger charge is -2.34. The number of carbonyl (C=O) groups is 9. The Hall–Kier alpha value is -4.85. The summed E-state index contributed by atoms with van der Waals surface area (Å²) in [7, 11) is 0. The highest BCUT2D eigenvalue weighted by molar-refractivity contribution is 5.97. The fraction of sp³-hybridized carbons (Fsp3) is 0.750. The Kier molecular flexibility index (Phi) is 15.5. The number of carbonyl (C=O) groups excluding carboxylic acids is 8. The Labute approximate surface area is 325 Å². The van der Waals surface area contributed by atoms with Crippen LogP contribution in [0.25, 0.3) is 0 Å². The molecule has 20 nitrogen and oxygen atoms in total. The van der Waals surface area contributed by atoms with Crippen molar-refractivity contribution in [3.63, 3.8) is 0 Å². The fourth-order valence-corrected chi connectivity index (χ4v) is 7.90. The van der Waals surface area contributed by atoms with Gasteiger partial charge in [0.2, 0.25) is 47.3 Å². The molecule has 0 aromatic heterocycles. The lowest BCUT2D eigenvalue weighted by atomic mass is 10.0. The van der Waals surface area contributed by atoms with Crippen molar-refractivity contribution in [2.45, 2.75) is 121 Å². The predicted molar refractivity (Wildman–Crippen MR) is 197 cm³/mol. The van der Waals surface area contributed by atoms with Gasteiger partial charge in [-0.1, -0.05) is 13.8 Å². The molecule has 312 valence electrons. The molecule has 4 fully saturated rings. The molecule has 4 heterocycles. The number of aliphatic hydroxyl groups excluding tert-OH is 1. The number of rotatable bonds is 16. The molecule has 7 atom stereocenters. The first-order valence-electron chi connectivity index (χ1n) is 19.5. The van der Waals surface area contributed by atoms with Crippen LogP contribution >= 0.6 is 0 Å². The average molecular weight is 792 g/mol. The minimum Gasteiger partial charge on any atom is -0.480 e. The minimum absolute atomic E-state index is 0.000517. The number of amides is 8. The smallest absolute Gasteiger partial charge is 0.326 e. The quantitative estimate of drug-likeness (QED) is 0.0807. The van der Waals surface area contributed by atoms with Crippen molar-refractivity contribution in [3.05, 3.63) is 0 Å². The topological polar surface area (TPSA) is 281 Å². The highest BCUT2D eigenvalue weighted by atomic mass is 16.4. The number of nitrogens with one attached hydrogen (secondary N) is 4. The summed E-state index contributed by atoms with van der Waals surface area (Å²) in [5.41, 5.74) is 5.53. The van der Waals surface area contributed by atoms with Crippen LogP contribution in [0.1, 0.15) is 78.6 Å². The van der Waals surface area contributed by atoms with Crippen molar-refractivity contribution >= 4 is 53.2 Å². The second-order valence-electron chi connectivity index (χ2n) is 15.4. The number of aliphatic carboxylic acids is 1. The van der Waals surface area contributed by atoms with Gasteiger partial charge in [0.1, 0.15) is 42.3 Å². The first kappa shape index (κ1) is 43.9. The summed E-state index contributed by atoms with van der Waals surface area (Å²) >= 11 is 0. The van der Waals surface area contributed by atoms with Gasteiger partial charge in [-0.15, -0.1) is 0 Å². The van der Waals surface area contributed by atoms with Crippen LogP contribution in [0.15, 0.2) is 0 Å². The number of carboxylic acids is 1. The summed E-state index contributed by atoms with van der Waals surface area (Å²) in [6.07, 6.45) is 3.87. The van der Waals surface area contributed by atoms with Gasteiger partial charge in [-0.2, -0.15) is 0 Å². The van der Waals surface area contributed by atoms with E-state index in [0.29, 0.717) is 64.5 Å². The van der Waals surface area contributed by atoms with Gasteiger partial charge in [-0.25, -0.2) is 4.79 Å². The molecule has 56 heavy (non-hydrogen) atoms. The van der Waals surface area contributed by atoms with E-state index in [9.17, 15) is 48.3 Å². The number of carboxylic acid groups (broad SMARTS) is 1. The van der Waals surface area contributed by atoms with Crippen molar-refractivity contribution in [2.75, 3.05) is 45.9 Å². The summed E-state index contributed by atoms with van der Waals surface area (Å²) in [6.45, 7) is 4.73. The average Bonchev–Trinajstić information content (AvgIpc) is 4.00. The third kappa shape index (κ3) is 10.7. The van der Waals surface area contributed by atoms with E-state index in [4.69, 9.17) is 10.8 Å². The van der Waals surface area contributed by atoms with Gasteiger partial charge in [-0.05, 0) is 70.6 Å². The highest BCUT2D eigenvalue weighted by Gasteiger charge is 2.46. The third-order valence-corrected chi connectivity index (χ3v) is 10.8. The Morgan fingerprint density at radius 3 is 1.75 bits per heavy atom. The van der Waals surface area contributed by atoms with Crippen LogP contribution in [-0.4, -0.2) is 171 Å². The first-order valence-corrected chi connectivity index (χ1v) is 19.5. The van der Waals surface area contributed by atoms with Gasteiger partial charge in [0, 0.05) is 26.2 Å². The molecular weight excluding hydrogens is 734 g/mol. The van der Waals surface area contributed by atoms with E-state index in [1.807, 2.05) is 13.8 Å². The SMILES string of the molecule is CC(C)C[C@H](NC(=O)[C@@H](N)CO)C(=O)NCC(=O)NCC(=O)N1CCC[C@H]1C(=O)N[C@@H](C)C(=O)N1CCC[C@H]1C(=O)N1CCC[C@H]1C(=O)N1CCC[C@H]1C(=O)O. The zero-order chi connectivity index (χ0) is 41.3. The Morgan fingerprint density at radius 1 is 0.661 bits per heavy atom. The standard InChI is InChI=1S/C36H57N9O11/c1-20(2)16-23(41-30(49)22(37)19-46)31(50)39-17-28(47)38-18-29(48)42-12-4-8-24(42)32(51)40-21(3)33(52)43-13-5-9-25(43)34(53)44-14-6-10-26(44)35(54)45-15-7-11-27(45)36(55)56/h20-27,46H,4-19,37H2,1-3H3,(H,38,47)(H,39,50)(H,40,51)(H,41,49)(H,55,56)/t21-,22-,23-,24-,25-,26-,27-/m0/s1. The van der Waals surface area contributed by atoms with E-state index >= 15 is 0 Å². The maximum absolute atomic E-state index is 13.8. The monoisotopic (exact) mass is 791 g/mol. The molecule has 4 aliphatic rings. The van der Waals surface area contributed by atoms with E-state index in [2.05, 4.69) is 21.3 Å². The Balaban J connectivity index is 1.27. The molecule has 4 rings (SSSR count). The summed E-state index contributed by atoms with van der Waals surface area (Å²) in [6, 6.07) is -6.74. The van der Waals surface area contributed by atoms with E-state index in [-0.39, 0.29) is 31.3 Å². The van der Waals surface area contributed by atoms with E-state index in [1.54, 1.807) is 0 Å². The summed E-state index contributed by atoms with van der Waals surface area (Å²) in [4.78, 5) is 122. The van der Waals surface area contributed by atoms with Gasteiger partial charge < -0.3 is 56.8 Å². The third-order valence-electron chi connectivity index (χ3n) is 10.8. The second-order valence-corrected chi connectivity index (χ2v) is 15.4. The number of likely N-dealkylation sites (tertiary alicyclic amines) is 4. The van der Waals surface area contributed by atoms with Gasteiger partial charge in [0.05, 0.1) is 19.7 Å². The second kappa shape index (κ2) is 19.8. The zero-order valence-corrected chi connectivity index (χ0v) is 32.4. The highest BCUT2D eigenvalue weighted by Crippen LogP contribution is 2.29. The molecule has 0 aromatic rings. The molecule has 0 saturated carbocycles. The minimum atomic E-state index is -1.22. The number of nitrogens with two attached hydrogens (primary N) is 1. The van der Waals surface area contributed by atoms with Crippen molar-refractivity contribution in [2.24, 2.45) is 11.7 Å². The predicted octanol–water partition coefficient (Wildman–Crippen LogP) is -3.38. The molecule has 20 heteroatoms. The largest absolute Gasteiger partial charge is 0.480 e. The van der Waals surface area contributed by atoms with Crippen molar-refractivity contribution in [3.8, 4) is 0 Å². The van der Waals surface area contributed by atoms with Crippen LogP contribution in [0, 0.1) is 5.92 Å². The van der Waals surface area contributed by atoms with Crippen LogP contribution in [0.4, 0.5) is 0 Å². The molecule has 0 aliphatic carbocycles. The molecule has 0 bridgehead atoms. The lowest BCUT2D eigenvalue weighted by molar-refractivity contribution is -0.153. The van der Waals surface area contributed by atoms with Crippen LogP contribution in [-0.2, 0) is 43.2 Å². The normalized spacial score (nSPS) is 23.8. The number of hydrogen-bond acceptors (Lipinski definition) is 11. The van der Waals surface area contributed by atoms with Gasteiger partial charge >= 0.3 is 5.97 Å². The van der Waals surface area contributed by atoms with Crippen LogP contribution < -0.4 is 27.0 Å². The maximum Gasteiger partial charge on any atom is 0.326 e. The van der Waals surface area contributed by atoms with Crippen molar-refractivity contribution < 1.29 is 53.4 Å². The molecule has 4 saturated heterocycles. The van der Waals surface area contributed by atoms with Crippen LogP contribution in [0.2, 0.25) is 0 Å². The van der Waals surface area contributed by atoms with Crippen LogP contribution in [0.5, 0.6) is 0 Å². The lowest BCUT2D eigenvalue weighted by Crippen LogP contribution is -2.57. The molecule has 8 amide bonds. The van der Waals surface area contributed by atoms with Gasteiger partial charge in [0.25, 0.3) is 0 Å². The first-order chi connectivity index (χ1) is 26.5. The Bertz CT molecular complexity index is 1530. The molecule has 8 N–H and O–H groups in total. The number of hydrogen-bond donors (Lipinski definition) is 7. The summed E-state index contributed by atoms with van der Waals surface area (Å²) in [5, 5.41) is 28.7. The van der Waals surface area contributed by atoms with E-state index in [1.165, 1.54) is 26.5 Å². The molecule has 0 aromatic carbocycles. The van der Waals surface area contributed by atoms with E-state index < -0.39 is 109 Å². The maximum atomic E-state index is 13.8. The number of nitrogens with zero attached hydrogens (tertiary/aromatic N) is 4. The van der Waals surface area contributed by atoms with Gasteiger partial charge in [0.15, 0.2) is 0 Å².